The largest absolute Gasteiger partial charge is 0.497 e. The fraction of sp³-hybridized carbons (Fsp3) is 0.167. The van der Waals surface area contributed by atoms with E-state index in [2.05, 4.69) is 5.32 Å². The molecule has 0 spiro atoms. The number of esters is 1. The minimum Gasteiger partial charge on any atom is -0.497 e. The maximum Gasteiger partial charge on any atom is 0.340 e. The molecule has 1 heterocycles. The monoisotopic (exact) mass is 374 g/mol. The zero-order valence-corrected chi connectivity index (χ0v) is 14.9. The van der Waals surface area contributed by atoms with Crippen molar-refractivity contribution in [1.82, 2.24) is 5.32 Å². The Bertz CT molecular complexity index is 797. The number of primary amides is 1. The predicted octanol–water partition coefficient (Wildman–Crippen LogP) is 1.44. The lowest BCUT2D eigenvalue weighted by molar-refractivity contribution is -0.143. The Labute approximate surface area is 154 Å². The molecular weight excluding hydrogens is 356 g/mol. The molecule has 0 aliphatic rings. The van der Waals surface area contributed by atoms with E-state index >= 15 is 0 Å². The molecule has 2 amide bonds. The fourth-order valence-electron chi connectivity index (χ4n) is 1.97. The van der Waals surface area contributed by atoms with Crippen molar-refractivity contribution in [3.63, 3.8) is 0 Å². The van der Waals surface area contributed by atoms with E-state index < -0.39 is 24.4 Å². The summed E-state index contributed by atoms with van der Waals surface area (Å²) in [6.45, 7) is -0.812. The number of ether oxygens (including phenoxy) is 2. The molecule has 26 heavy (non-hydrogen) atoms. The maximum atomic E-state index is 12.4. The van der Waals surface area contributed by atoms with Gasteiger partial charge in [-0.1, -0.05) is 18.2 Å². The second-order valence-corrected chi connectivity index (χ2v) is 6.08. The minimum atomic E-state index is -0.677. The third-order valence-corrected chi connectivity index (χ3v) is 4.13. The summed E-state index contributed by atoms with van der Waals surface area (Å²) < 4.78 is 10.2. The summed E-state index contributed by atoms with van der Waals surface area (Å²) in [6, 6.07) is 10.8. The number of methoxy groups -OCH3 is 1. The van der Waals surface area contributed by atoms with Crippen molar-refractivity contribution >= 4 is 40.8 Å². The van der Waals surface area contributed by atoms with E-state index in [4.69, 9.17) is 15.2 Å². The van der Waals surface area contributed by atoms with E-state index in [-0.39, 0.29) is 6.54 Å². The van der Waals surface area contributed by atoms with E-state index in [1.54, 1.807) is 43.5 Å². The third kappa shape index (κ3) is 5.75. The highest BCUT2D eigenvalue weighted by molar-refractivity contribution is 7.11. The molecule has 0 bridgehead atoms. The van der Waals surface area contributed by atoms with Crippen molar-refractivity contribution in [2.45, 2.75) is 0 Å². The van der Waals surface area contributed by atoms with Gasteiger partial charge in [-0.2, -0.15) is 0 Å². The van der Waals surface area contributed by atoms with Crippen molar-refractivity contribution in [1.29, 1.82) is 0 Å². The van der Waals surface area contributed by atoms with E-state index in [9.17, 15) is 14.4 Å². The van der Waals surface area contributed by atoms with Gasteiger partial charge in [-0.15, -0.1) is 11.3 Å². The van der Waals surface area contributed by atoms with Crippen LogP contribution in [-0.4, -0.2) is 38.0 Å². The number of carbonyl (C=O) groups excluding carboxylic acids is 3. The lowest BCUT2D eigenvalue weighted by Gasteiger charge is -2.08. The van der Waals surface area contributed by atoms with Gasteiger partial charge in [-0.25, -0.2) is 4.79 Å². The summed E-state index contributed by atoms with van der Waals surface area (Å²) in [6.07, 6.45) is 1.68. The summed E-state index contributed by atoms with van der Waals surface area (Å²) in [4.78, 5) is 35.3. The maximum absolute atomic E-state index is 12.4. The molecule has 1 aromatic heterocycles. The molecule has 0 saturated carbocycles. The van der Waals surface area contributed by atoms with Crippen molar-refractivity contribution in [2.75, 3.05) is 20.3 Å². The molecule has 0 fully saturated rings. The molecule has 8 heteroatoms. The van der Waals surface area contributed by atoms with Crippen molar-refractivity contribution < 1.29 is 23.9 Å². The summed E-state index contributed by atoms with van der Waals surface area (Å²) in [5, 5.41) is 4.09. The highest BCUT2D eigenvalue weighted by atomic mass is 32.1. The Morgan fingerprint density at radius 3 is 2.50 bits per heavy atom. The van der Waals surface area contributed by atoms with Gasteiger partial charge >= 0.3 is 5.97 Å². The van der Waals surface area contributed by atoms with Crippen LogP contribution in [-0.2, 0) is 19.1 Å². The van der Waals surface area contributed by atoms with Gasteiger partial charge in [0, 0.05) is 4.88 Å². The zero-order valence-electron chi connectivity index (χ0n) is 14.1. The highest BCUT2D eigenvalue weighted by Crippen LogP contribution is 2.25. The van der Waals surface area contributed by atoms with E-state index in [1.165, 1.54) is 11.3 Å². The van der Waals surface area contributed by atoms with Gasteiger partial charge < -0.3 is 20.5 Å². The Hall–Kier alpha value is -3.13. The number of carbonyl (C=O) groups is 3. The SMILES string of the molecule is COc1ccc(/C=C(/C(=O)OCC(=O)NCC(N)=O)c2cccs2)cc1. The number of rotatable bonds is 8. The molecule has 7 nitrogen and oxygen atoms in total. The minimum absolute atomic E-state index is 0.310. The number of nitrogens with one attached hydrogen (secondary N) is 1. The Morgan fingerprint density at radius 2 is 1.92 bits per heavy atom. The second kappa shape index (κ2) is 9.38. The number of hydrogen-bond acceptors (Lipinski definition) is 6. The van der Waals surface area contributed by atoms with Gasteiger partial charge in [0.05, 0.1) is 19.2 Å². The van der Waals surface area contributed by atoms with E-state index in [1.807, 2.05) is 11.4 Å². The van der Waals surface area contributed by atoms with Gasteiger partial charge in [0.15, 0.2) is 6.61 Å². The molecule has 136 valence electrons. The molecular formula is C18H18N2O5S. The molecule has 0 atom stereocenters. The van der Waals surface area contributed by atoms with Crippen LogP contribution in [0.25, 0.3) is 11.6 Å². The predicted molar refractivity (Wildman–Crippen MR) is 98.3 cm³/mol. The van der Waals surface area contributed by atoms with Crippen molar-refractivity contribution in [2.24, 2.45) is 5.73 Å². The number of hydrogen-bond donors (Lipinski definition) is 2. The zero-order chi connectivity index (χ0) is 18.9. The van der Waals surface area contributed by atoms with Crippen LogP contribution >= 0.6 is 11.3 Å². The highest BCUT2D eigenvalue weighted by Gasteiger charge is 2.16. The van der Waals surface area contributed by atoms with Crippen LogP contribution < -0.4 is 15.8 Å². The lowest BCUT2D eigenvalue weighted by Crippen LogP contribution is -2.36. The first kappa shape index (κ1) is 19.2. The Kier molecular flexibility index (Phi) is 6.92. The van der Waals surface area contributed by atoms with Gasteiger partial charge in [-0.3, -0.25) is 9.59 Å². The Balaban J connectivity index is 2.11. The lowest BCUT2D eigenvalue weighted by atomic mass is 10.1. The number of amides is 2. The Morgan fingerprint density at radius 1 is 1.19 bits per heavy atom. The molecule has 0 aliphatic carbocycles. The standard InChI is InChI=1S/C18H18N2O5S/c1-24-13-6-4-12(5-7-13)9-14(15-3-2-8-26-15)18(23)25-11-17(22)20-10-16(19)21/h2-9H,10-11H2,1H3,(H2,19,21)(H,20,22)/b14-9+. The average Bonchev–Trinajstić information content (AvgIpc) is 3.17. The van der Waals surface area contributed by atoms with Gasteiger partial charge in [-0.05, 0) is 35.2 Å². The summed E-state index contributed by atoms with van der Waals surface area (Å²) in [5.41, 5.74) is 6.05. The van der Waals surface area contributed by atoms with E-state index in [0.29, 0.717) is 16.2 Å². The first-order valence-corrected chi connectivity index (χ1v) is 8.49. The molecule has 0 unspecified atom stereocenters. The molecule has 0 aliphatic heterocycles. The fourth-order valence-corrected chi connectivity index (χ4v) is 2.70. The van der Waals surface area contributed by atoms with Crippen LogP contribution in [0.1, 0.15) is 10.4 Å². The van der Waals surface area contributed by atoms with Crippen LogP contribution in [0.5, 0.6) is 5.75 Å². The molecule has 2 rings (SSSR count). The van der Waals surface area contributed by atoms with Crippen LogP contribution in [0.2, 0.25) is 0 Å². The smallest absolute Gasteiger partial charge is 0.340 e. The van der Waals surface area contributed by atoms with Gasteiger partial charge in [0.1, 0.15) is 5.75 Å². The van der Waals surface area contributed by atoms with Gasteiger partial charge in [0.2, 0.25) is 5.91 Å². The van der Waals surface area contributed by atoms with E-state index in [0.717, 1.165) is 5.56 Å². The normalized spacial score (nSPS) is 10.9. The van der Waals surface area contributed by atoms with Crippen LogP contribution in [0.3, 0.4) is 0 Å². The van der Waals surface area contributed by atoms with Crippen LogP contribution in [0.4, 0.5) is 0 Å². The second-order valence-electron chi connectivity index (χ2n) is 5.13. The average molecular weight is 374 g/mol. The summed E-state index contributed by atoms with van der Waals surface area (Å²) >= 11 is 1.38. The van der Waals surface area contributed by atoms with Crippen LogP contribution in [0, 0.1) is 0 Å². The van der Waals surface area contributed by atoms with Gasteiger partial charge in [0.25, 0.3) is 5.91 Å². The number of thiophene rings is 1. The first-order chi connectivity index (χ1) is 12.5. The number of nitrogens with two attached hydrogens (primary N) is 1. The van der Waals surface area contributed by atoms with Crippen molar-refractivity contribution in [3.05, 3.63) is 52.2 Å². The molecule has 2 aromatic rings. The topological polar surface area (TPSA) is 108 Å². The van der Waals surface area contributed by atoms with Crippen LogP contribution in [0.15, 0.2) is 41.8 Å². The third-order valence-electron chi connectivity index (χ3n) is 3.23. The number of benzene rings is 1. The molecule has 1 aromatic carbocycles. The molecule has 3 N–H and O–H groups in total. The first-order valence-electron chi connectivity index (χ1n) is 7.61. The van der Waals surface area contributed by atoms with Crippen molar-refractivity contribution in [3.8, 4) is 5.75 Å². The molecule has 0 saturated heterocycles. The molecule has 0 radical (unpaired) electrons. The summed E-state index contributed by atoms with van der Waals surface area (Å²) in [5.74, 6) is -1.22. The summed E-state index contributed by atoms with van der Waals surface area (Å²) in [7, 11) is 1.57. The quantitative estimate of drug-likeness (QED) is 0.537.